The van der Waals surface area contributed by atoms with Gasteiger partial charge in [0.1, 0.15) is 0 Å². The number of rotatable bonds is 9. The number of hydrogen-bond acceptors (Lipinski definition) is 3. The van der Waals surface area contributed by atoms with Crippen molar-refractivity contribution in [3.8, 4) is 0 Å². The molecule has 0 atom stereocenters. The molecule has 1 heterocycles. The molecule has 2 rings (SSSR count). The highest BCUT2D eigenvalue weighted by Crippen LogP contribution is 2.32. The molecule has 0 radical (unpaired) electrons. The Bertz CT molecular complexity index is 737. The number of sulfonamides is 1. The van der Waals surface area contributed by atoms with Crippen molar-refractivity contribution in [2.24, 2.45) is 10.9 Å². The van der Waals surface area contributed by atoms with Gasteiger partial charge in [0.05, 0.1) is 12.8 Å². The lowest BCUT2D eigenvalue weighted by Gasteiger charge is -2.32. The predicted octanol–water partition coefficient (Wildman–Crippen LogP) is 2.97. The second-order valence-electron chi connectivity index (χ2n) is 8.03. The summed E-state index contributed by atoms with van der Waals surface area (Å²) in [5.41, 5.74) is 1.39. The summed E-state index contributed by atoms with van der Waals surface area (Å²) in [5.74, 6) is 1.31. The zero-order valence-corrected chi connectivity index (χ0v) is 19.3. The van der Waals surface area contributed by atoms with E-state index in [1.807, 2.05) is 0 Å². The van der Waals surface area contributed by atoms with Crippen LogP contribution in [-0.4, -0.2) is 57.7 Å². The second kappa shape index (κ2) is 11.0. The summed E-state index contributed by atoms with van der Waals surface area (Å²) in [6, 6.07) is 10.7. The highest BCUT2D eigenvalue weighted by atomic mass is 32.2. The fourth-order valence-electron chi connectivity index (χ4n) is 4.02. The van der Waals surface area contributed by atoms with Gasteiger partial charge in [0.2, 0.25) is 10.0 Å². The normalized spacial score (nSPS) is 17.3. The van der Waals surface area contributed by atoms with Gasteiger partial charge in [-0.25, -0.2) is 12.7 Å². The molecule has 1 aliphatic heterocycles. The smallest absolute Gasteiger partial charge is 0.211 e. The minimum Gasteiger partial charge on any atom is -0.357 e. The first-order valence-corrected chi connectivity index (χ1v) is 12.7. The van der Waals surface area contributed by atoms with E-state index in [1.54, 1.807) is 4.31 Å². The van der Waals surface area contributed by atoms with Crippen molar-refractivity contribution in [3.63, 3.8) is 0 Å². The van der Waals surface area contributed by atoms with E-state index in [1.165, 1.54) is 11.8 Å². The number of benzene rings is 1. The molecule has 164 valence electrons. The van der Waals surface area contributed by atoms with Crippen molar-refractivity contribution in [2.75, 3.05) is 39.0 Å². The first kappa shape index (κ1) is 23.7. The van der Waals surface area contributed by atoms with Crippen LogP contribution >= 0.6 is 0 Å². The molecule has 2 N–H and O–H groups in total. The van der Waals surface area contributed by atoms with Crippen molar-refractivity contribution in [3.05, 3.63) is 35.9 Å². The van der Waals surface area contributed by atoms with Crippen LogP contribution < -0.4 is 10.6 Å². The third-order valence-electron chi connectivity index (χ3n) is 6.22. The van der Waals surface area contributed by atoms with E-state index in [4.69, 9.17) is 4.99 Å². The van der Waals surface area contributed by atoms with Gasteiger partial charge < -0.3 is 10.6 Å². The summed E-state index contributed by atoms with van der Waals surface area (Å²) in [4.78, 5) is 4.93. The third-order valence-corrected chi connectivity index (χ3v) is 7.53. The van der Waals surface area contributed by atoms with Gasteiger partial charge in [-0.3, -0.25) is 4.99 Å². The summed E-state index contributed by atoms with van der Waals surface area (Å²) in [6.07, 6.45) is 5.15. The van der Waals surface area contributed by atoms with Gasteiger partial charge in [-0.1, -0.05) is 44.2 Å². The van der Waals surface area contributed by atoms with E-state index >= 15 is 0 Å². The van der Waals surface area contributed by atoms with Crippen molar-refractivity contribution < 1.29 is 8.42 Å². The molecule has 1 aromatic carbocycles. The molecular formula is C22H38N4O2S. The Morgan fingerprint density at radius 3 is 2.24 bits per heavy atom. The Kier molecular flexibility index (Phi) is 8.96. The molecule has 0 bridgehead atoms. The quantitative estimate of drug-likeness (QED) is 0.474. The standard InChI is InChI=1S/C22H38N4O2S/c1-5-22(6-2,20-11-9-8-10-12-20)18-25-21(23-7-3)24-17-19-13-15-26(16-14-19)29(4,27)28/h8-12,19H,5-7,13-18H2,1-4H3,(H2,23,24,25). The minimum atomic E-state index is -3.07. The van der Waals surface area contributed by atoms with Crippen LogP contribution in [0.4, 0.5) is 0 Å². The number of piperidine rings is 1. The minimum absolute atomic E-state index is 0.0461. The number of aliphatic imine (C=N–C) groups is 1. The lowest BCUT2D eigenvalue weighted by Crippen LogP contribution is -2.44. The largest absolute Gasteiger partial charge is 0.357 e. The summed E-state index contributed by atoms with van der Waals surface area (Å²) >= 11 is 0. The van der Waals surface area contributed by atoms with Gasteiger partial charge in [0.15, 0.2) is 5.96 Å². The number of hydrogen-bond donors (Lipinski definition) is 2. The molecule has 1 saturated heterocycles. The zero-order chi connectivity index (χ0) is 21.3. The summed E-state index contributed by atoms with van der Waals surface area (Å²) in [6.45, 7) is 10.2. The molecule has 0 spiro atoms. The van der Waals surface area contributed by atoms with Gasteiger partial charge in [0, 0.05) is 31.6 Å². The van der Waals surface area contributed by atoms with Crippen LogP contribution in [0.1, 0.15) is 52.0 Å². The van der Waals surface area contributed by atoms with Crippen LogP contribution in [0.3, 0.4) is 0 Å². The third kappa shape index (κ3) is 6.71. The molecule has 6 nitrogen and oxygen atoms in total. The predicted molar refractivity (Wildman–Crippen MR) is 122 cm³/mol. The average Bonchev–Trinajstić information content (AvgIpc) is 2.73. The molecule has 1 aliphatic rings. The molecule has 0 saturated carbocycles. The lowest BCUT2D eigenvalue weighted by atomic mass is 9.76. The van der Waals surface area contributed by atoms with E-state index in [0.29, 0.717) is 19.0 Å². The molecule has 0 amide bonds. The van der Waals surface area contributed by atoms with Gasteiger partial charge in [-0.05, 0) is 44.1 Å². The van der Waals surface area contributed by atoms with E-state index in [9.17, 15) is 8.42 Å². The van der Waals surface area contributed by atoms with Crippen molar-refractivity contribution in [1.82, 2.24) is 14.9 Å². The van der Waals surface area contributed by atoms with Crippen LogP contribution in [-0.2, 0) is 15.4 Å². The zero-order valence-electron chi connectivity index (χ0n) is 18.4. The highest BCUT2D eigenvalue weighted by Gasteiger charge is 2.28. The van der Waals surface area contributed by atoms with E-state index in [-0.39, 0.29) is 5.41 Å². The molecule has 0 unspecified atom stereocenters. The number of nitrogens with zero attached hydrogens (tertiary/aromatic N) is 2. The van der Waals surface area contributed by atoms with Crippen molar-refractivity contribution in [2.45, 2.75) is 51.9 Å². The van der Waals surface area contributed by atoms with E-state index in [2.05, 4.69) is 61.7 Å². The van der Waals surface area contributed by atoms with Gasteiger partial charge in [-0.2, -0.15) is 0 Å². The van der Waals surface area contributed by atoms with Gasteiger partial charge in [-0.15, -0.1) is 0 Å². The Labute approximate surface area is 177 Å². The van der Waals surface area contributed by atoms with Crippen LogP contribution in [0.25, 0.3) is 0 Å². The molecule has 1 fully saturated rings. The Hall–Kier alpha value is -1.60. The monoisotopic (exact) mass is 422 g/mol. The molecule has 29 heavy (non-hydrogen) atoms. The van der Waals surface area contributed by atoms with Crippen LogP contribution in [0, 0.1) is 5.92 Å². The summed E-state index contributed by atoms with van der Waals surface area (Å²) in [5, 5.41) is 6.85. The highest BCUT2D eigenvalue weighted by molar-refractivity contribution is 7.88. The van der Waals surface area contributed by atoms with Crippen LogP contribution in [0.5, 0.6) is 0 Å². The fourth-order valence-corrected chi connectivity index (χ4v) is 4.90. The van der Waals surface area contributed by atoms with Crippen LogP contribution in [0.15, 0.2) is 35.3 Å². The van der Waals surface area contributed by atoms with Crippen molar-refractivity contribution in [1.29, 1.82) is 0 Å². The molecular weight excluding hydrogens is 384 g/mol. The summed E-state index contributed by atoms with van der Waals surface area (Å²) < 4.78 is 24.9. The Balaban J connectivity index is 1.99. The van der Waals surface area contributed by atoms with Crippen molar-refractivity contribution >= 4 is 16.0 Å². The lowest BCUT2D eigenvalue weighted by molar-refractivity contribution is 0.274. The second-order valence-corrected chi connectivity index (χ2v) is 10.0. The Morgan fingerprint density at radius 2 is 1.72 bits per heavy atom. The topological polar surface area (TPSA) is 73.8 Å². The number of nitrogens with one attached hydrogen (secondary N) is 2. The maximum absolute atomic E-state index is 11.7. The summed E-state index contributed by atoms with van der Waals surface area (Å²) in [7, 11) is -3.07. The SMILES string of the molecule is CCNC(=NCC(CC)(CC)c1ccccc1)NCC1CCN(S(C)(=O)=O)CC1. The van der Waals surface area contributed by atoms with Gasteiger partial charge in [0.25, 0.3) is 0 Å². The van der Waals surface area contributed by atoms with Gasteiger partial charge >= 0.3 is 0 Å². The Morgan fingerprint density at radius 1 is 1.10 bits per heavy atom. The first-order valence-electron chi connectivity index (χ1n) is 10.9. The van der Waals surface area contributed by atoms with E-state index < -0.39 is 10.0 Å². The molecule has 1 aromatic rings. The average molecular weight is 423 g/mol. The molecule has 7 heteroatoms. The fraction of sp³-hybridized carbons (Fsp3) is 0.682. The molecule has 0 aliphatic carbocycles. The first-order chi connectivity index (χ1) is 13.8. The maximum atomic E-state index is 11.7. The van der Waals surface area contributed by atoms with Crippen LogP contribution in [0.2, 0.25) is 0 Å². The maximum Gasteiger partial charge on any atom is 0.211 e. The number of guanidine groups is 1. The van der Waals surface area contributed by atoms with E-state index in [0.717, 1.165) is 51.3 Å². The molecule has 0 aromatic heterocycles.